The Morgan fingerprint density at radius 1 is 1.11 bits per heavy atom. The van der Waals surface area contributed by atoms with Crippen molar-refractivity contribution in [1.29, 1.82) is 0 Å². The summed E-state index contributed by atoms with van der Waals surface area (Å²) in [6.07, 6.45) is -5.65. The van der Waals surface area contributed by atoms with E-state index in [2.05, 4.69) is 9.71 Å². The number of pyridine rings is 1. The second kappa shape index (κ2) is 6.95. The van der Waals surface area contributed by atoms with E-state index in [4.69, 9.17) is 0 Å². The van der Waals surface area contributed by atoms with Crippen LogP contribution in [0.15, 0.2) is 58.2 Å². The number of hydrogen-bond donors (Lipinski definition) is 3. The molecule has 2 aromatic carbocycles. The zero-order valence-corrected chi connectivity index (χ0v) is 15.2. The third kappa shape index (κ3) is 4.02. The van der Waals surface area contributed by atoms with Crippen molar-refractivity contribution in [2.75, 3.05) is 4.72 Å². The Kier molecular flexibility index (Phi) is 4.94. The highest BCUT2D eigenvalue weighted by molar-refractivity contribution is 7.92. The molecule has 1 atom stereocenters. The molecule has 0 saturated heterocycles. The lowest BCUT2D eigenvalue weighted by Gasteiger charge is -2.13. The Balaban J connectivity index is 2.09. The fraction of sp³-hybridized carbons (Fsp3) is 0.167. The van der Waals surface area contributed by atoms with Crippen LogP contribution < -0.4 is 10.3 Å². The summed E-state index contributed by atoms with van der Waals surface area (Å²) in [7, 11) is -4.21. The molecule has 0 spiro atoms. The van der Waals surface area contributed by atoms with Gasteiger partial charge in [-0.05, 0) is 42.8 Å². The Labute approximate surface area is 157 Å². The van der Waals surface area contributed by atoms with Gasteiger partial charge in [0.25, 0.3) is 10.0 Å². The summed E-state index contributed by atoms with van der Waals surface area (Å²) in [5.74, 6) is 0. The Morgan fingerprint density at radius 3 is 2.46 bits per heavy atom. The minimum atomic E-state index is -4.83. The van der Waals surface area contributed by atoms with Gasteiger partial charge in [-0.15, -0.1) is 0 Å². The van der Waals surface area contributed by atoms with E-state index < -0.39 is 43.7 Å². The summed E-state index contributed by atoms with van der Waals surface area (Å²) in [6, 6.07) is 9.45. The smallest absolute Gasteiger partial charge is 0.389 e. The Bertz CT molecular complexity index is 1200. The molecule has 1 heterocycles. The largest absolute Gasteiger partial charge is 0.417 e. The molecule has 0 bridgehead atoms. The topological polar surface area (TPSA) is 99.3 Å². The molecule has 28 heavy (non-hydrogen) atoms. The maximum absolute atomic E-state index is 13.3. The van der Waals surface area contributed by atoms with Gasteiger partial charge in [-0.1, -0.05) is 12.1 Å². The molecule has 3 N–H and O–H groups in total. The summed E-state index contributed by atoms with van der Waals surface area (Å²) in [4.78, 5) is 13.3. The number of halogens is 3. The zero-order chi connectivity index (χ0) is 20.7. The van der Waals surface area contributed by atoms with Crippen LogP contribution in [-0.2, 0) is 16.2 Å². The normalized spacial score (nSPS) is 13.5. The van der Waals surface area contributed by atoms with Crippen molar-refractivity contribution >= 4 is 26.6 Å². The number of anilines is 1. The van der Waals surface area contributed by atoms with Gasteiger partial charge in [0.05, 0.1) is 16.6 Å². The van der Waals surface area contributed by atoms with Crippen molar-refractivity contribution in [3.8, 4) is 0 Å². The highest BCUT2D eigenvalue weighted by Crippen LogP contribution is 2.34. The second-order valence-electron chi connectivity index (χ2n) is 6.16. The molecule has 1 unspecified atom stereocenters. The first-order chi connectivity index (χ1) is 13.0. The average Bonchev–Trinajstić information content (AvgIpc) is 2.59. The predicted molar refractivity (Wildman–Crippen MR) is 97.5 cm³/mol. The van der Waals surface area contributed by atoms with Crippen LogP contribution in [0.1, 0.15) is 24.2 Å². The number of benzene rings is 2. The van der Waals surface area contributed by atoms with Gasteiger partial charge >= 0.3 is 6.18 Å². The number of aromatic amines is 1. The van der Waals surface area contributed by atoms with Gasteiger partial charge in [0, 0.05) is 22.7 Å². The van der Waals surface area contributed by atoms with Gasteiger partial charge in [0.1, 0.15) is 0 Å². The molecule has 0 radical (unpaired) electrons. The molecule has 3 rings (SSSR count). The Hall–Kier alpha value is -2.85. The quantitative estimate of drug-likeness (QED) is 0.612. The van der Waals surface area contributed by atoms with Crippen LogP contribution in [-0.4, -0.2) is 18.5 Å². The van der Waals surface area contributed by atoms with Crippen molar-refractivity contribution in [1.82, 2.24) is 4.98 Å². The van der Waals surface area contributed by atoms with E-state index in [-0.39, 0.29) is 11.2 Å². The van der Waals surface area contributed by atoms with Crippen LogP contribution in [0, 0.1) is 0 Å². The number of nitrogens with one attached hydrogen (secondary N) is 2. The van der Waals surface area contributed by atoms with Crippen LogP contribution in [0.3, 0.4) is 0 Å². The van der Waals surface area contributed by atoms with E-state index in [0.29, 0.717) is 11.6 Å². The molecule has 148 valence electrons. The van der Waals surface area contributed by atoms with Gasteiger partial charge in [-0.3, -0.25) is 9.52 Å². The van der Waals surface area contributed by atoms with Crippen LogP contribution in [0.5, 0.6) is 0 Å². The number of aliphatic hydroxyl groups is 1. The minimum Gasteiger partial charge on any atom is -0.389 e. The van der Waals surface area contributed by atoms with Gasteiger partial charge in [-0.2, -0.15) is 13.2 Å². The number of H-pyrrole nitrogens is 1. The van der Waals surface area contributed by atoms with Crippen molar-refractivity contribution < 1.29 is 26.7 Å². The summed E-state index contributed by atoms with van der Waals surface area (Å²) in [5.41, 5.74) is -1.68. The fourth-order valence-electron chi connectivity index (χ4n) is 2.71. The van der Waals surface area contributed by atoms with Crippen molar-refractivity contribution in [3.05, 3.63) is 70.0 Å². The minimum absolute atomic E-state index is 0.130. The molecule has 0 saturated carbocycles. The highest BCUT2D eigenvalue weighted by atomic mass is 32.2. The van der Waals surface area contributed by atoms with Gasteiger partial charge in [-0.25, -0.2) is 8.42 Å². The number of fused-ring (bicyclic) bond motifs is 1. The van der Waals surface area contributed by atoms with Crippen molar-refractivity contribution in [3.63, 3.8) is 0 Å². The number of sulfonamides is 1. The fourth-order valence-corrected chi connectivity index (χ4v) is 3.79. The van der Waals surface area contributed by atoms with Crippen molar-refractivity contribution in [2.45, 2.75) is 24.1 Å². The van der Waals surface area contributed by atoms with Gasteiger partial charge in [0.2, 0.25) is 5.56 Å². The number of alkyl halides is 3. The third-order valence-electron chi connectivity index (χ3n) is 4.05. The van der Waals surface area contributed by atoms with E-state index >= 15 is 0 Å². The monoisotopic (exact) mass is 412 g/mol. The summed E-state index contributed by atoms with van der Waals surface area (Å²) >= 11 is 0. The third-order valence-corrected chi connectivity index (χ3v) is 5.43. The van der Waals surface area contributed by atoms with E-state index in [9.17, 15) is 31.5 Å². The molecule has 1 aromatic heterocycles. The predicted octanol–water partition coefficient (Wildman–Crippen LogP) is 3.40. The van der Waals surface area contributed by atoms with E-state index in [1.54, 1.807) is 6.07 Å². The number of aromatic nitrogens is 1. The molecule has 6 nitrogen and oxygen atoms in total. The number of rotatable bonds is 4. The zero-order valence-electron chi connectivity index (χ0n) is 14.4. The highest BCUT2D eigenvalue weighted by Gasteiger charge is 2.33. The van der Waals surface area contributed by atoms with Crippen molar-refractivity contribution in [2.24, 2.45) is 0 Å². The lowest BCUT2D eigenvalue weighted by atomic mass is 10.1. The lowest BCUT2D eigenvalue weighted by Crippen LogP contribution is -2.16. The molecule has 0 amide bonds. The number of hydrogen-bond acceptors (Lipinski definition) is 4. The van der Waals surface area contributed by atoms with E-state index in [0.717, 1.165) is 18.2 Å². The average molecular weight is 412 g/mol. The van der Waals surface area contributed by atoms with Gasteiger partial charge < -0.3 is 10.1 Å². The molecule has 3 aromatic rings. The summed E-state index contributed by atoms with van der Waals surface area (Å²) in [5, 5.41) is 9.16. The van der Waals surface area contributed by atoms with Crippen LogP contribution in [0.4, 0.5) is 18.9 Å². The molecule has 0 aliphatic carbocycles. The summed E-state index contributed by atoms with van der Waals surface area (Å²) < 4.78 is 67.3. The molecule has 0 aliphatic heterocycles. The van der Waals surface area contributed by atoms with E-state index in [1.165, 1.54) is 25.1 Å². The Morgan fingerprint density at radius 2 is 1.82 bits per heavy atom. The first-order valence-electron chi connectivity index (χ1n) is 8.02. The molecular weight excluding hydrogens is 397 g/mol. The molecule has 0 aliphatic rings. The van der Waals surface area contributed by atoms with E-state index in [1.807, 2.05) is 0 Å². The first-order valence-corrected chi connectivity index (χ1v) is 9.51. The maximum atomic E-state index is 13.3. The summed E-state index contributed by atoms with van der Waals surface area (Å²) in [6.45, 7) is 1.51. The SMILES string of the molecule is CC(O)c1cccc(NS(=O)(=O)c2ccc3[nH]c(=O)cc(C(F)(F)F)c3c2)c1. The maximum Gasteiger partial charge on any atom is 0.417 e. The van der Waals surface area contributed by atoms with Crippen LogP contribution in [0.2, 0.25) is 0 Å². The lowest BCUT2D eigenvalue weighted by molar-refractivity contribution is -0.136. The molecule has 10 heteroatoms. The van der Waals surface area contributed by atoms with Crippen LogP contribution in [0.25, 0.3) is 10.9 Å². The molecular formula is C18H15F3N2O4S. The standard InChI is InChI=1S/C18H15F3N2O4S/c1-10(24)11-3-2-4-12(7-11)23-28(26,27)13-5-6-16-14(8-13)15(18(19,20)21)9-17(25)22-16/h2-10,23-24H,1H3,(H,22,25). The number of aliphatic hydroxyl groups excluding tert-OH is 1. The van der Waals surface area contributed by atoms with Gasteiger partial charge in [0.15, 0.2) is 0 Å². The molecule has 0 fully saturated rings. The van der Waals surface area contributed by atoms with Crippen LogP contribution >= 0.6 is 0 Å². The first kappa shape index (κ1) is 19.9. The second-order valence-corrected chi connectivity index (χ2v) is 7.84.